The summed E-state index contributed by atoms with van der Waals surface area (Å²) in [5.41, 5.74) is -0.0810. The van der Waals surface area contributed by atoms with Gasteiger partial charge in [0.25, 0.3) is 0 Å². The average molecular weight is 478 g/mol. The maximum Gasteiger partial charge on any atom is 0.382 e. The van der Waals surface area contributed by atoms with Crippen molar-refractivity contribution in [2.45, 2.75) is 55.3 Å². The predicted octanol–water partition coefficient (Wildman–Crippen LogP) is 2.75. The van der Waals surface area contributed by atoms with E-state index in [-0.39, 0.29) is 12.0 Å². The molecule has 0 amide bonds. The molecule has 0 aromatic heterocycles. The fourth-order valence-corrected chi connectivity index (χ4v) is 5.01. The van der Waals surface area contributed by atoms with Crippen LogP contribution in [0.4, 0.5) is 35.1 Å². The zero-order valence-corrected chi connectivity index (χ0v) is 15.9. The van der Waals surface area contributed by atoms with E-state index in [4.69, 9.17) is 9.47 Å². The SMILES string of the molecule is C=C(C)C(=O)OC1C2CC3C1OC(=O)C3C2C(=O)OC1C(F)(F)C(F)(F)C(F)(F)C1(F)F. The van der Waals surface area contributed by atoms with Gasteiger partial charge in [-0.05, 0) is 13.3 Å². The lowest BCUT2D eigenvalue weighted by atomic mass is 9.78. The third-order valence-corrected chi connectivity index (χ3v) is 6.53. The number of ether oxygens (including phenoxy) is 3. The molecule has 0 aromatic rings. The molecule has 3 saturated carbocycles. The number of rotatable bonds is 4. The van der Waals surface area contributed by atoms with E-state index in [1.807, 2.05) is 0 Å². The highest BCUT2D eigenvalue weighted by atomic mass is 19.4. The molecule has 0 radical (unpaired) electrons. The lowest BCUT2D eigenvalue weighted by molar-refractivity contribution is -0.303. The van der Waals surface area contributed by atoms with Gasteiger partial charge in [0, 0.05) is 17.4 Å². The van der Waals surface area contributed by atoms with E-state index in [1.54, 1.807) is 0 Å². The number of esters is 3. The first-order chi connectivity index (χ1) is 14.5. The second-order valence-corrected chi connectivity index (χ2v) is 8.38. The number of carbonyl (C=O) groups is 3. The fraction of sp³-hybridized carbons (Fsp3) is 0.722. The molecular formula is C18H14F8O6. The Morgan fingerprint density at radius 3 is 2.00 bits per heavy atom. The van der Waals surface area contributed by atoms with Crippen molar-refractivity contribution >= 4 is 17.9 Å². The normalized spacial score (nSPS) is 39.6. The predicted molar refractivity (Wildman–Crippen MR) is 82.8 cm³/mol. The molecule has 4 aliphatic rings. The van der Waals surface area contributed by atoms with Crippen LogP contribution >= 0.6 is 0 Å². The minimum atomic E-state index is -6.51. The van der Waals surface area contributed by atoms with Gasteiger partial charge in [0.05, 0.1) is 11.8 Å². The highest BCUT2D eigenvalue weighted by molar-refractivity contribution is 5.88. The second kappa shape index (κ2) is 6.34. The number of carbonyl (C=O) groups excluding carboxylic acids is 3. The Bertz CT molecular complexity index is 891. The summed E-state index contributed by atoms with van der Waals surface area (Å²) in [4.78, 5) is 36.5. The first-order valence-corrected chi connectivity index (χ1v) is 9.27. The lowest BCUT2D eigenvalue weighted by Crippen LogP contribution is -2.51. The van der Waals surface area contributed by atoms with E-state index < -0.39 is 83.6 Å². The Morgan fingerprint density at radius 2 is 1.50 bits per heavy atom. The van der Waals surface area contributed by atoms with Gasteiger partial charge in [0.15, 0.2) is 0 Å². The number of halogens is 8. The summed E-state index contributed by atoms with van der Waals surface area (Å²) < 4.78 is 123. The molecule has 1 heterocycles. The van der Waals surface area contributed by atoms with Crippen LogP contribution < -0.4 is 0 Å². The molecule has 178 valence electrons. The summed E-state index contributed by atoms with van der Waals surface area (Å²) in [6.45, 7) is 4.61. The van der Waals surface area contributed by atoms with Gasteiger partial charge in [-0.25, -0.2) is 4.79 Å². The van der Waals surface area contributed by atoms with Crippen LogP contribution in [0.3, 0.4) is 0 Å². The van der Waals surface area contributed by atoms with E-state index in [9.17, 15) is 49.5 Å². The topological polar surface area (TPSA) is 78.9 Å². The minimum absolute atomic E-state index is 0.0429. The van der Waals surface area contributed by atoms with Crippen LogP contribution in [0.2, 0.25) is 0 Å². The Kier molecular flexibility index (Phi) is 4.51. The van der Waals surface area contributed by atoms with E-state index in [0.717, 1.165) is 0 Å². The highest BCUT2D eigenvalue weighted by Gasteiger charge is 2.95. The van der Waals surface area contributed by atoms with Crippen LogP contribution in [0.5, 0.6) is 0 Å². The molecular weight excluding hydrogens is 464 g/mol. The van der Waals surface area contributed by atoms with Crippen LogP contribution in [0.15, 0.2) is 12.2 Å². The summed E-state index contributed by atoms with van der Waals surface area (Å²) in [5, 5.41) is 0. The third kappa shape index (κ3) is 2.49. The molecule has 6 atom stereocenters. The molecule has 0 N–H and O–H groups in total. The van der Waals surface area contributed by atoms with Crippen LogP contribution in [-0.4, -0.2) is 59.9 Å². The average Bonchev–Trinajstić information content (AvgIpc) is 3.29. The Balaban J connectivity index is 1.63. The van der Waals surface area contributed by atoms with Crippen LogP contribution in [0.25, 0.3) is 0 Å². The molecule has 6 unspecified atom stereocenters. The maximum absolute atomic E-state index is 13.9. The maximum atomic E-state index is 13.9. The Labute approximate surface area is 173 Å². The number of alkyl halides is 8. The molecule has 4 rings (SSSR count). The van der Waals surface area contributed by atoms with Gasteiger partial charge in [0.1, 0.15) is 12.2 Å². The second-order valence-electron chi connectivity index (χ2n) is 8.38. The monoisotopic (exact) mass is 478 g/mol. The van der Waals surface area contributed by atoms with Crippen molar-refractivity contribution in [2.75, 3.05) is 0 Å². The van der Waals surface area contributed by atoms with Crippen LogP contribution in [0, 0.1) is 23.7 Å². The standard InChI is InChI=1S/C18H14F8O6/c1-4(2)11(27)30-9-6-3-5-7(12(28)31-10(5)9)8(6)13(29)32-14-15(19,20)17(23,24)18(25,26)16(14,21)22/h5-10,14H,1,3H2,2H3. The van der Waals surface area contributed by atoms with Gasteiger partial charge in [-0.1, -0.05) is 6.58 Å². The molecule has 1 aliphatic heterocycles. The van der Waals surface area contributed by atoms with Gasteiger partial charge < -0.3 is 14.2 Å². The number of hydrogen-bond acceptors (Lipinski definition) is 6. The molecule has 2 bridgehead atoms. The zero-order valence-electron chi connectivity index (χ0n) is 15.9. The van der Waals surface area contributed by atoms with Gasteiger partial charge in [-0.2, -0.15) is 35.1 Å². The third-order valence-electron chi connectivity index (χ3n) is 6.53. The van der Waals surface area contributed by atoms with Gasteiger partial charge in [-0.3, -0.25) is 9.59 Å². The smallest absolute Gasteiger partial charge is 0.382 e. The highest BCUT2D eigenvalue weighted by Crippen LogP contribution is 2.65. The lowest BCUT2D eigenvalue weighted by Gasteiger charge is -2.32. The molecule has 32 heavy (non-hydrogen) atoms. The summed E-state index contributed by atoms with van der Waals surface area (Å²) in [7, 11) is 0. The van der Waals surface area contributed by atoms with E-state index in [0.29, 0.717) is 0 Å². The van der Waals surface area contributed by atoms with Crippen LogP contribution in [-0.2, 0) is 28.6 Å². The van der Waals surface area contributed by atoms with Gasteiger partial charge in [0.2, 0.25) is 6.10 Å². The summed E-state index contributed by atoms with van der Waals surface area (Å²) >= 11 is 0. The van der Waals surface area contributed by atoms with E-state index in [1.165, 1.54) is 6.92 Å². The van der Waals surface area contributed by atoms with Crippen molar-refractivity contribution in [3.63, 3.8) is 0 Å². The van der Waals surface area contributed by atoms with Crippen molar-refractivity contribution in [1.29, 1.82) is 0 Å². The molecule has 6 nitrogen and oxygen atoms in total. The first-order valence-electron chi connectivity index (χ1n) is 9.27. The Hall–Kier alpha value is -2.41. The number of fused-ring (bicyclic) bond motifs is 1. The summed E-state index contributed by atoms with van der Waals surface area (Å²) in [6.07, 6.45) is -6.83. The fourth-order valence-electron chi connectivity index (χ4n) is 5.01. The van der Waals surface area contributed by atoms with Gasteiger partial charge >= 0.3 is 41.6 Å². The molecule has 14 heteroatoms. The molecule has 0 spiro atoms. The molecule has 0 aromatic carbocycles. The molecule has 3 aliphatic carbocycles. The van der Waals surface area contributed by atoms with Crippen molar-refractivity contribution in [3.8, 4) is 0 Å². The van der Waals surface area contributed by atoms with E-state index in [2.05, 4.69) is 11.3 Å². The first kappa shape index (κ1) is 22.8. The van der Waals surface area contributed by atoms with Crippen LogP contribution in [0.1, 0.15) is 13.3 Å². The van der Waals surface area contributed by atoms with Crippen molar-refractivity contribution < 1.29 is 63.7 Å². The largest absolute Gasteiger partial charge is 0.458 e. The van der Waals surface area contributed by atoms with E-state index >= 15 is 0 Å². The number of hydrogen-bond donors (Lipinski definition) is 0. The van der Waals surface area contributed by atoms with Crippen molar-refractivity contribution in [3.05, 3.63) is 12.2 Å². The summed E-state index contributed by atoms with van der Waals surface area (Å²) in [5.74, 6) is -34.3. The minimum Gasteiger partial charge on any atom is -0.458 e. The Morgan fingerprint density at radius 1 is 0.969 bits per heavy atom. The van der Waals surface area contributed by atoms with Gasteiger partial charge in [-0.15, -0.1) is 0 Å². The molecule has 1 saturated heterocycles. The van der Waals surface area contributed by atoms with Crippen molar-refractivity contribution in [1.82, 2.24) is 0 Å². The molecule has 4 fully saturated rings. The zero-order chi connectivity index (χ0) is 24.2. The van der Waals surface area contributed by atoms with Crippen molar-refractivity contribution in [2.24, 2.45) is 23.7 Å². The quantitative estimate of drug-likeness (QED) is 0.268. The summed E-state index contributed by atoms with van der Waals surface area (Å²) in [6, 6.07) is 0.